The fourth-order valence-electron chi connectivity index (χ4n) is 3.01. The minimum atomic E-state index is 0.0479. The first-order valence-corrected chi connectivity index (χ1v) is 7.24. The molecule has 1 aromatic rings. The highest BCUT2D eigenvalue weighted by molar-refractivity contribution is 5.92. The highest BCUT2D eigenvalue weighted by Crippen LogP contribution is 2.28. The lowest BCUT2D eigenvalue weighted by Gasteiger charge is -2.38. The molecule has 0 aromatic carbocycles. The van der Waals surface area contributed by atoms with E-state index in [4.69, 9.17) is 0 Å². The van der Waals surface area contributed by atoms with Gasteiger partial charge in [0.05, 0.1) is 0 Å². The number of carbonyl (C=O) groups excluding carboxylic acids is 1. The van der Waals surface area contributed by atoms with Crippen LogP contribution >= 0.6 is 0 Å². The molecule has 1 heterocycles. The van der Waals surface area contributed by atoms with Crippen molar-refractivity contribution in [2.45, 2.75) is 52.5 Å². The molecule has 0 spiro atoms. The highest BCUT2D eigenvalue weighted by Gasteiger charge is 2.30. The molecule has 0 aliphatic heterocycles. The van der Waals surface area contributed by atoms with Gasteiger partial charge < -0.3 is 4.90 Å². The van der Waals surface area contributed by atoms with Crippen LogP contribution in [-0.4, -0.2) is 33.4 Å². The molecule has 1 amide bonds. The topological polar surface area (TPSA) is 46.1 Å². The van der Waals surface area contributed by atoms with Crippen molar-refractivity contribution >= 4 is 5.91 Å². The smallest absolute Gasteiger partial charge is 0.272 e. The van der Waals surface area contributed by atoms with Crippen LogP contribution in [0.5, 0.6) is 0 Å². The van der Waals surface area contributed by atoms with Crippen LogP contribution in [0.4, 0.5) is 0 Å². The summed E-state index contributed by atoms with van der Waals surface area (Å²) in [5, 5.41) is 0. The molecule has 104 valence electrons. The molecule has 1 aliphatic carbocycles. The van der Waals surface area contributed by atoms with E-state index in [9.17, 15) is 4.79 Å². The van der Waals surface area contributed by atoms with E-state index in [0.717, 1.165) is 13.0 Å². The molecule has 1 fully saturated rings. The fourth-order valence-corrected chi connectivity index (χ4v) is 3.01. The van der Waals surface area contributed by atoms with Crippen LogP contribution in [0.3, 0.4) is 0 Å². The van der Waals surface area contributed by atoms with E-state index in [1.807, 2.05) is 18.7 Å². The first kappa shape index (κ1) is 14.0. The Labute approximate surface area is 115 Å². The Kier molecular flexibility index (Phi) is 4.51. The van der Waals surface area contributed by atoms with Crippen molar-refractivity contribution in [1.82, 2.24) is 14.9 Å². The summed E-state index contributed by atoms with van der Waals surface area (Å²) < 4.78 is 0. The average molecular weight is 261 g/mol. The Morgan fingerprint density at radius 2 is 2.16 bits per heavy atom. The molecule has 19 heavy (non-hydrogen) atoms. The van der Waals surface area contributed by atoms with Gasteiger partial charge in [-0.25, -0.2) is 9.97 Å². The van der Waals surface area contributed by atoms with E-state index in [1.54, 1.807) is 12.3 Å². The van der Waals surface area contributed by atoms with Gasteiger partial charge in [0.25, 0.3) is 5.91 Å². The fraction of sp³-hybridized carbons (Fsp3) is 0.667. The summed E-state index contributed by atoms with van der Waals surface area (Å²) in [7, 11) is 0. The van der Waals surface area contributed by atoms with E-state index >= 15 is 0 Å². The first-order valence-electron chi connectivity index (χ1n) is 7.24. The molecule has 2 atom stereocenters. The number of hydrogen-bond acceptors (Lipinski definition) is 3. The number of aryl methyl sites for hydroxylation is 1. The summed E-state index contributed by atoms with van der Waals surface area (Å²) in [6.45, 7) is 6.87. The maximum Gasteiger partial charge on any atom is 0.272 e. The Balaban J connectivity index is 2.19. The molecule has 2 rings (SSSR count). The molecule has 1 aromatic heterocycles. The largest absolute Gasteiger partial charge is 0.334 e. The third-order valence-corrected chi connectivity index (χ3v) is 4.06. The van der Waals surface area contributed by atoms with Crippen LogP contribution in [0.1, 0.15) is 55.8 Å². The highest BCUT2D eigenvalue weighted by atomic mass is 16.2. The molecule has 0 N–H and O–H groups in total. The zero-order valence-electron chi connectivity index (χ0n) is 12.1. The Morgan fingerprint density at radius 1 is 1.42 bits per heavy atom. The molecule has 1 saturated carbocycles. The predicted molar refractivity (Wildman–Crippen MR) is 74.9 cm³/mol. The zero-order valence-corrected chi connectivity index (χ0v) is 12.1. The van der Waals surface area contributed by atoms with Gasteiger partial charge in [-0.2, -0.15) is 0 Å². The van der Waals surface area contributed by atoms with Crippen LogP contribution < -0.4 is 0 Å². The number of rotatable bonds is 3. The average Bonchev–Trinajstić information content (AvgIpc) is 2.41. The van der Waals surface area contributed by atoms with Gasteiger partial charge in [0, 0.05) is 18.8 Å². The minimum Gasteiger partial charge on any atom is -0.334 e. The zero-order chi connectivity index (χ0) is 13.8. The van der Waals surface area contributed by atoms with Crippen molar-refractivity contribution < 1.29 is 4.79 Å². The summed E-state index contributed by atoms with van der Waals surface area (Å²) in [4.78, 5) is 22.9. The van der Waals surface area contributed by atoms with E-state index in [2.05, 4.69) is 16.9 Å². The second kappa shape index (κ2) is 6.13. The van der Waals surface area contributed by atoms with Gasteiger partial charge in [-0.05, 0) is 38.7 Å². The quantitative estimate of drug-likeness (QED) is 0.840. The van der Waals surface area contributed by atoms with Crippen LogP contribution in [0.2, 0.25) is 0 Å². The van der Waals surface area contributed by atoms with Gasteiger partial charge >= 0.3 is 0 Å². The molecule has 0 bridgehead atoms. The van der Waals surface area contributed by atoms with Crippen LogP contribution in [0.15, 0.2) is 12.3 Å². The molecule has 4 nitrogen and oxygen atoms in total. The minimum absolute atomic E-state index is 0.0479. The summed E-state index contributed by atoms with van der Waals surface area (Å²) in [5.41, 5.74) is 0.520. The van der Waals surface area contributed by atoms with Crippen LogP contribution in [-0.2, 0) is 0 Å². The van der Waals surface area contributed by atoms with Crippen LogP contribution in [0.25, 0.3) is 0 Å². The Bertz CT molecular complexity index is 447. The normalized spacial score (nSPS) is 23.1. The van der Waals surface area contributed by atoms with Gasteiger partial charge in [0.15, 0.2) is 0 Å². The van der Waals surface area contributed by atoms with Crippen molar-refractivity contribution in [2.75, 3.05) is 6.54 Å². The van der Waals surface area contributed by atoms with E-state index in [1.165, 1.54) is 19.3 Å². The Morgan fingerprint density at radius 3 is 2.79 bits per heavy atom. The van der Waals surface area contributed by atoms with Crippen molar-refractivity contribution in [3.63, 3.8) is 0 Å². The first-order chi connectivity index (χ1) is 9.13. The third-order valence-electron chi connectivity index (χ3n) is 4.06. The summed E-state index contributed by atoms with van der Waals surface area (Å²) in [5.74, 6) is 1.28. The second-order valence-corrected chi connectivity index (χ2v) is 5.41. The van der Waals surface area contributed by atoms with Gasteiger partial charge in [-0.1, -0.05) is 19.8 Å². The molecule has 0 unspecified atom stereocenters. The monoisotopic (exact) mass is 261 g/mol. The van der Waals surface area contributed by atoms with Gasteiger partial charge in [0.2, 0.25) is 0 Å². The SMILES string of the molecule is CCN(C(=O)c1ccnc(C)n1)[C@H]1CCCC[C@H]1C. The van der Waals surface area contributed by atoms with E-state index < -0.39 is 0 Å². The van der Waals surface area contributed by atoms with Crippen molar-refractivity contribution in [1.29, 1.82) is 0 Å². The predicted octanol–water partition coefficient (Wildman–Crippen LogP) is 2.83. The number of nitrogens with zero attached hydrogens (tertiary/aromatic N) is 3. The number of aromatic nitrogens is 2. The number of amides is 1. The summed E-state index contributed by atoms with van der Waals surface area (Å²) in [6, 6.07) is 2.08. The number of carbonyl (C=O) groups is 1. The lowest BCUT2D eigenvalue weighted by atomic mass is 9.84. The van der Waals surface area contributed by atoms with Crippen molar-refractivity contribution in [2.24, 2.45) is 5.92 Å². The molecule has 4 heteroatoms. The van der Waals surface area contributed by atoms with Crippen molar-refractivity contribution in [3.05, 3.63) is 23.8 Å². The molecule has 0 saturated heterocycles. The Hall–Kier alpha value is -1.45. The van der Waals surface area contributed by atoms with Gasteiger partial charge in [-0.15, -0.1) is 0 Å². The van der Waals surface area contributed by atoms with E-state index in [0.29, 0.717) is 23.5 Å². The van der Waals surface area contributed by atoms with E-state index in [-0.39, 0.29) is 5.91 Å². The standard InChI is InChI=1S/C15H23N3O/c1-4-18(14-8-6-5-7-11(14)2)15(19)13-9-10-16-12(3)17-13/h9-11,14H,4-8H2,1-3H3/t11-,14+/m1/s1. The maximum absolute atomic E-state index is 12.6. The van der Waals surface area contributed by atoms with Crippen LogP contribution in [0, 0.1) is 12.8 Å². The maximum atomic E-state index is 12.6. The molecular weight excluding hydrogens is 238 g/mol. The van der Waals surface area contributed by atoms with Crippen molar-refractivity contribution in [3.8, 4) is 0 Å². The number of hydrogen-bond donors (Lipinski definition) is 0. The lowest BCUT2D eigenvalue weighted by Crippen LogP contribution is -2.45. The van der Waals surface area contributed by atoms with Gasteiger partial charge in [-0.3, -0.25) is 4.79 Å². The van der Waals surface area contributed by atoms with Gasteiger partial charge in [0.1, 0.15) is 11.5 Å². The second-order valence-electron chi connectivity index (χ2n) is 5.41. The molecule has 1 aliphatic rings. The lowest BCUT2D eigenvalue weighted by molar-refractivity contribution is 0.0563. The molecule has 0 radical (unpaired) electrons. The summed E-state index contributed by atoms with van der Waals surface area (Å²) >= 11 is 0. The summed E-state index contributed by atoms with van der Waals surface area (Å²) in [6.07, 6.45) is 6.51. The molecular formula is C15H23N3O. The third kappa shape index (κ3) is 3.11.